The van der Waals surface area contributed by atoms with Crippen LogP contribution in [0.1, 0.15) is 50.7 Å². The smallest absolute Gasteiger partial charge is 0.376 e. The van der Waals surface area contributed by atoms with E-state index >= 15 is 0 Å². The fourth-order valence-corrected chi connectivity index (χ4v) is 3.79. The van der Waals surface area contributed by atoms with Crippen molar-refractivity contribution in [2.75, 3.05) is 18.5 Å². The Kier molecular flexibility index (Phi) is 13.4. The molecule has 11 heteroatoms. The van der Waals surface area contributed by atoms with E-state index in [4.69, 9.17) is 15.9 Å². The minimum absolute atomic E-state index is 0.00219. The molecular formula is C29H39N6O5+. The average molecular weight is 552 g/mol. The highest BCUT2D eigenvalue weighted by molar-refractivity contribution is 5.97. The maximum atomic E-state index is 12.7. The van der Waals surface area contributed by atoms with Gasteiger partial charge in [0.2, 0.25) is 17.2 Å². The van der Waals surface area contributed by atoms with E-state index in [1.165, 1.54) is 0 Å². The molecule has 2 aromatic carbocycles. The van der Waals surface area contributed by atoms with Crippen molar-refractivity contribution < 1.29 is 23.9 Å². The lowest BCUT2D eigenvalue weighted by atomic mass is 9.89. The molecule has 2 rings (SSSR count). The van der Waals surface area contributed by atoms with Gasteiger partial charge in [-0.15, -0.1) is 0 Å². The molecule has 0 radical (unpaired) electrons. The maximum Gasteiger partial charge on any atom is 0.385 e. The Labute approximate surface area is 234 Å². The number of diazo groups is 1. The van der Waals surface area contributed by atoms with Crippen molar-refractivity contribution in [3.05, 3.63) is 64.6 Å². The van der Waals surface area contributed by atoms with Crippen molar-refractivity contribution in [3.63, 3.8) is 0 Å². The molecular weight excluding hydrogens is 512 g/mol. The standard InChI is InChI=1S/C29H38N6O5/c1-19(2)25(17-24(36)14-16-40-18-21-8-12-23(35-31)13-9-21)27(37)34-29(39)32-15-4-5-26(30)28(38)33-22-10-6-20(3)7-11-22/h6-13,19,25-26H,4-5,14-18,30H2,1-3H3,(H2-,32,33,34,37,38,39)/p+1/t25-,26?/m0/s1. The molecule has 214 valence electrons. The molecule has 5 N–H and O–H groups in total. The molecule has 2 atom stereocenters. The highest BCUT2D eigenvalue weighted by Gasteiger charge is 2.26. The highest BCUT2D eigenvalue weighted by atomic mass is 16.5. The minimum Gasteiger partial charge on any atom is -0.376 e. The summed E-state index contributed by atoms with van der Waals surface area (Å²) in [7, 11) is 0. The molecule has 0 aromatic heterocycles. The Hall–Kier alpha value is -4.14. The van der Waals surface area contributed by atoms with Gasteiger partial charge < -0.3 is 21.1 Å². The lowest BCUT2D eigenvalue weighted by molar-refractivity contribution is -0.130. The molecule has 0 bridgehead atoms. The van der Waals surface area contributed by atoms with Gasteiger partial charge >= 0.3 is 11.7 Å². The van der Waals surface area contributed by atoms with E-state index in [1.807, 2.05) is 32.9 Å². The van der Waals surface area contributed by atoms with E-state index in [2.05, 4.69) is 20.9 Å². The predicted molar refractivity (Wildman–Crippen MR) is 152 cm³/mol. The lowest BCUT2D eigenvalue weighted by Crippen LogP contribution is -2.44. The summed E-state index contributed by atoms with van der Waals surface area (Å²) in [6, 6.07) is 12.8. The zero-order valence-corrected chi connectivity index (χ0v) is 23.3. The van der Waals surface area contributed by atoms with Gasteiger partial charge in [-0.3, -0.25) is 19.7 Å². The Morgan fingerprint density at radius 2 is 1.68 bits per heavy atom. The third-order valence-corrected chi connectivity index (χ3v) is 6.30. The normalized spacial score (nSPS) is 12.2. The first-order valence-corrected chi connectivity index (χ1v) is 13.3. The zero-order valence-electron chi connectivity index (χ0n) is 23.3. The molecule has 0 aliphatic rings. The molecule has 40 heavy (non-hydrogen) atoms. The second-order valence-corrected chi connectivity index (χ2v) is 10.0. The summed E-state index contributed by atoms with van der Waals surface area (Å²) in [6.45, 7) is 6.31. The van der Waals surface area contributed by atoms with Crippen LogP contribution in [0.4, 0.5) is 16.2 Å². The van der Waals surface area contributed by atoms with Crippen LogP contribution in [0.25, 0.3) is 4.98 Å². The van der Waals surface area contributed by atoms with Crippen LogP contribution in [0.5, 0.6) is 0 Å². The highest BCUT2D eigenvalue weighted by Crippen LogP contribution is 2.17. The molecule has 0 saturated carbocycles. The van der Waals surface area contributed by atoms with Gasteiger partial charge in [0.1, 0.15) is 5.78 Å². The number of urea groups is 1. The number of hydrogen-bond donors (Lipinski definition) is 4. The number of anilines is 1. The van der Waals surface area contributed by atoms with E-state index < -0.39 is 23.9 Å². The molecule has 0 aliphatic carbocycles. The topological polar surface area (TPSA) is 168 Å². The number of amides is 4. The Morgan fingerprint density at radius 1 is 1.00 bits per heavy atom. The van der Waals surface area contributed by atoms with Crippen LogP contribution in [0.3, 0.4) is 0 Å². The number of nitrogens with zero attached hydrogens (tertiary/aromatic N) is 2. The fourth-order valence-electron chi connectivity index (χ4n) is 3.79. The van der Waals surface area contributed by atoms with Gasteiger partial charge in [0, 0.05) is 43.1 Å². The Bertz CT molecular complexity index is 1170. The number of benzene rings is 2. The second kappa shape index (κ2) is 16.7. The summed E-state index contributed by atoms with van der Waals surface area (Å²) < 4.78 is 5.54. The van der Waals surface area contributed by atoms with Gasteiger partial charge in [0.25, 0.3) is 0 Å². The van der Waals surface area contributed by atoms with Crippen LogP contribution in [-0.2, 0) is 25.7 Å². The largest absolute Gasteiger partial charge is 0.385 e. The second-order valence-electron chi connectivity index (χ2n) is 10.0. The van der Waals surface area contributed by atoms with Crippen LogP contribution in [0, 0.1) is 24.2 Å². The van der Waals surface area contributed by atoms with E-state index in [0.717, 1.165) is 11.1 Å². The number of imide groups is 1. The number of nitrogens with one attached hydrogen (secondary N) is 3. The zero-order chi connectivity index (χ0) is 29.5. The van der Waals surface area contributed by atoms with Gasteiger partial charge in [0.05, 0.1) is 19.3 Å². The quantitative estimate of drug-likeness (QED) is 0.190. The van der Waals surface area contributed by atoms with Crippen LogP contribution < -0.4 is 21.7 Å². The molecule has 0 heterocycles. The van der Waals surface area contributed by atoms with Crippen molar-refractivity contribution >= 4 is 35.0 Å². The van der Waals surface area contributed by atoms with Gasteiger partial charge in [-0.25, -0.2) is 4.79 Å². The number of hydrogen-bond acceptors (Lipinski definition) is 7. The summed E-state index contributed by atoms with van der Waals surface area (Å²) in [5.41, 5.74) is 9.00. The van der Waals surface area contributed by atoms with Crippen molar-refractivity contribution in [2.45, 2.75) is 59.1 Å². The molecule has 0 aliphatic heterocycles. The number of aryl methyl sites for hydroxylation is 1. The third-order valence-electron chi connectivity index (χ3n) is 6.30. The van der Waals surface area contributed by atoms with Gasteiger partial charge in [-0.1, -0.05) is 31.5 Å². The number of ether oxygens (including phenoxy) is 1. The minimum atomic E-state index is -0.740. The lowest BCUT2D eigenvalue weighted by Gasteiger charge is -2.19. The Balaban J connectivity index is 1.66. The summed E-state index contributed by atoms with van der Waals surface area (Å²) in [5, 5.41) is 16.4. The van der Waals surface area contributed by atoms with Crippen molar-refractivity contribution in [1.82, 2.24) is 10.6 Å². The first-order chi connectivity index (χ1) is 19.1. The van der Waals surface area contributed by atoms with Crippen molar-refractivity contribution in [1.29, 1.82) is 5.39 Å². The summed E-state index contributed by atoms with van der Waals surface area (Å²) in [4.78, 5) is 52.7. The monoisotopic (exact) mass is 551 g/mol. The number of Topliss-reactive ketones (excluding diaryl/α,β-unsaturated/α-hetero) is 1. The van der Waals surface area contributed by atoms with E-state index in [1.54, 1.807) is 36.4 Å². The maximum absolute atomic E-state index is 12.7. The summed E-state index contributed by atoms with van der Waals surface area (Å²) in [6.07, 6.45) is 0.931. The SMILES string of the molecule is Cc1ccc(NC(=O)C(N)CCCNC(=O)NC(=O)[C@@H](CC(=O)CCOCc2ccc([N+]#N)cc2)C(C)C)cc1. The van der Waals surface area contributed by atoms with Crippen molar-refractivity contribution in [3.8, 4) is 0 Å². The van der Waals surface area contributed by atoms with Gasteiger partial charge in [0.15, 0.2) is 4.98 Å². The van der Waals surface area contributed by atoms with E-state index in [-0.39, 0.29) is 43.6 Å². The molecule has 1 unspecified atom stereocenters. The molecule has 11 nitrogen and oxygen atoms in total. The molecule has 0 saturated heterocycles. The molecule has 0 spiro atoms. The van der Waals surface area contributed by atoms with Crippen molar-refractivity contribution in [2.24, 2.45) is 17.6 Å². The number of nitrogens with two attached hydrogens (primary N) is 1. The molecule has 2 aromatic rings. The van der Waals surface area contributed by atoms with Crippen LogP contribution >= 0.6 is 0 Å². The molecule has 0 fully saturated rings. The number of ketones is 1. The summed E-state index contributed by atoms with van der Waals surface area (Å²) in [5.74, 6) is -1.79. The number of carbonyl (C=O) groups is 4. The number of carbonyl (C=O) groups excluding carboxylic acids is 4. The third kappa shape index (κ3) is 11.7. The number of rotatable bonds is 15. The Morgan fingerprint density at radius 3 is 2.30 bits per heavy atom. The molecule has 4 amide bonds. The van der Waals surface area contributed by atoms with Crippen LogP contribution in [-0.4, -0.2) is 42.8 Å². The van der Waals surface area contributed by atoms with Gasteiger partial charge in [-0.2, -0.15) is 0 Å². The fraction of sp³-hybridized carbons (Fsp3) is 0.448. The van der Waals surface area contributed by atoms with E-state index in [0.29, 0.717) is 30.8 Å². The van der Waals surface area contributed by atoms with Crippen LogP contribution in [0.15, 0.2) is 48.5 Å². The first kappa shape index (κ1) is 32.1. The van der Waals surface area contributed by atoms with Gasteiger partial charge in [-0.05, 0) is 55.5 Å². The summed E-state index contributed by atoms with van der Waals surface area (Å²) >= 11 is 0. The van der Waals surface area contributed by atoms with E-state index in [9.17, 15) is 19.2 Å². The average Bonchev–Trinajstić information content (AvgIpc) is 2.93. The predicted octanol–water partition coefficient (Wildman–Crippen LogP) is 4.19. The first-order valence-electron chi connectivity index (χ1n) is 13.3. The van der Waals surface area contributed by atoms with Crippen LogP contribution in [0.2, 0.25) is 0 Å².